The molecular formula is C9H11NO2. The minimum Gasteiger partial charge on any atom is -0.467 e. The number of nitrogens with one attached hydrogen (secondary N) is 1. The van der Waals surface area contributed by atoms with Crippen molar-refractivity contribution < 1.29 is 9.53 Å². The molecule has 0 aromatic heterocycles. The van der Waals surface area contributed by atoms with Crippen molar-refractivity contribution in [3.63, 3.8) is 0 Å². The van der Waals surface area contributed by atoms with Crippen LogP contribution in [0.4, 0.5) is 0 Å². The number of methoxy groups -OCH3 is 1. The minimum absolute atomic E-state index is 0.148. The van der Waals surface area contributed by atoms with Gasteiger partial charge in [-0.25, -0.2) is 4.79 Å². The van der Waals surface area contributed by atoms with Gasteiger partial charge in [-0.2, -0.15) is 0 Å². The maximum Gasteiger partial charge on any atom is 0.328 e. The summed E-state index contributed by atoms with van der Waals surface area (Å²) in [5, 5.41) is 3.12. The van der Waals surface area contributed by atoms with Crippen LogP contribution in [0.15, 0.2) is 23.4 Å². The van der Waals surface area contributed by atoms with Gasteiger partial charge in [0, 0.05) is 12.1 Å². The van der Waals surface area contributed by atoms with Crippen molar-refractivity contribution in [1.29, 1.82) is 0 Å². The normalized spacial score (nSPS) is 25.6. The lowest BCUT2D eigenvalue weighted by Crippen LogP contribution is -2.32. The molecule has 0 aromatic carbocycles. The number of rotatable bonds is 1. The highest BCUT2D eigenvalue weighted by Crippen LogP contribution is 2.28. The fraction of sp³-hybridized carbons (Fsp3) is 0.444. The van der Waals surface area contributed by atoms with Gasteiger partial charge in [0.15, 0.2) is 0 Å². The molecule has 0 spiro atoms. The summed E-state index contributed by atoms with van der Waals surface area (Å²) in [6.07, 6.45) is 5.91. The van der Waals surface area contributed by atoms with Gasteiger partial charge in [-0.05, 0) is 18.1 Å². The summed E-state index contributed by atoms with van der Waals surface area (Å²) in [4.78, 5) is 11.1. The second-order valence-electron chi connectivity index (χ2n) is 3.05. The van der Waals surface area contributed by atoms with Gasteiger partial charge >= 0.3 is 5.97 Å². The number of ether oxygens (including phenoxy) is 1. The smallest absolute Gasteiger partial charge is 0.328 e. The summed E-state index contributed by atoms with van der Waals surface area (Å²) >= 11 is 0. The summed E-state index contributed by atoms with van der Waals surface area (Å²) < 4.78 is 4.65. The van der Waals surface area contributed by atoms with Crippen molar-refractivity contribution in [1.82, 2.24) is 5.32 Å². The summed E-state index contributed by atoms with van der Waals surface area (Å²) in [5.41, 5.74) is 2.44. The Labute approximate surface area is 71.1 Å². The van der Waals surface area contributed by atoms with Crippen LogP contribution in [0.25, 0.3) is 0 Å². The Balaban J connectivity index is 2.03. The van der Waals surface area contributed by atoms with Crippen molar-refractivity contribution in [2.75, 3.05) is 7.11 Å². The largest absolute Gasteiger partial charge is 0.467 e. The van der Waals surface area contributed by atoms with Gasteiger partial charge in [0.25, 0.3) is 0 Å². The fourth-order valence-electron chi connectivity index (χ4n) is 1.66. The van der Waals surface area contributed by atoms with E-state index in [1.165, 1.54) is 12.7 Å². The molecule has 3 nitrogen and oxygen atoms in total. The van der Waals surface area contributed by atoms with E-state index < -0.39 is 0 Å². The van der Waals surface area contributed by atoms with Crippen molar-refractivity contribution in [2.24, 2.45) is 0 Å². The minimum atomic E-state index is -0.169. The van der Waals surface area contributed by atoms with Gasteiger partial charge in [-0.15, -0.1) is 0 Å². The molecule has 0 aromatic rings. The number of allylic oxidation sites excluding steroid dienone is 2. The number of carbonyl (C=O) groups excluding carboxylic acids is 1. The van der Waals surface area contributed by atoms with E-state index >= 15 is 0 Å². The number of carbonyl (C=O) groups is 1. The van der Waals surface area contributed by atoms with E-state index in [1.807, 2.05) is 6.08 Å². The monoisotopic (exact) mass is 165 g/mol. The van der Waals surface area contributed by atoms with Gasteiger partial charge in [-0.3, -0.25) is 0 Å². The van der Waals surface area contributed by atoms with Gasteiger partial charge < -0.3 is 10.1 Å². The molecule has 2 rings (SSSR count). The predicted octanol–water partition coefficient (Wildman–Crippen LogP) is 0.735. The third-order valence-corrected chi connectivity index (χ3v) is 2.30. The summed E-state index contributed by atoms with van der Waals surface area (Å²) in [6.45, 7) is 0. The molecule has 64 valence electrons. The highest BCUT2D eigenvalue weighted by molar-refractivity contribution is 5.77. The molecule has 1 aliphatic heterocycles. The van der Waals surface area contributed by atoms with E-state index in [-0.39, 0.29) is 12.0 Å². The van der Waals surface area contributed by atoms with Crippen LogP contribution in [0, 0.1) is 0 Å². The first-order valence-electron chi connectivity index (χ1n) is 4.04. The number of hydrogen-bond acceptors (Lipinski definition) is 3. The zero-order valence-electron chi connectivity index (χ0n) is 6.96. The van der Waals surface area contributed by atoms with Crippen LogP contribution in [0.1, 0.15) is 12.8 Å². The number of hydrogen-bond donors (Lipinski definition) is 1. The summed E-state index contributed by atoms with van der Waals surface area (Å²) in [6, 6.07) is -0.148. The molecule has 12 heavy (non-hydrogen) atoms. The maximum atomic E-state index is 11.1. The van der Waals surface area contributed by atoms with E-state index in [0.717, 1.165) is 18.5 Å². The highest BCUT2D eigenvalue weighted by atomic mass is 16.5. The Morgan fingerprint density at radius 2 is 2.58 bits per heavy atom. The third kappa shape index (κ3) is 1.02. The highest BCUT2D eigenvalue weighted by Gasteiger charge is 2.29. The lowest BCUT2D eigenvalue weighted by atomic mass is 10.1. The lowest BCUT2D eigenvalue weighted by Gasteiger charge is -2.09. The standard InChI is InChI=1S/C9H11NO2/c1-12-9(11)8-5-6-3-2-4-7(6)10-8/h2,4,8,10H,3,5H2,1H3. The van der Waals surface area contributed by atoms with Crippen LogP contribution in [0.3, 0.4) is 0 Å². The summed E-state index contributed by atoms with van der Waals surface area (Å²) in [5.74, 6) is -0.169. The first-order chi connectivity index (χ1) is 5.81. The Hall–Kier alpha value is -1.25. The maximum absolute atomic E-state index is 11.1. The van der Waals surface area contributed by atoms with Gasteiger partial charge in [0.05, 0.1) is 7.11 Å². The van der Waals surface area contributed by atoms with E-state index in [4.69, 9.17) is 0 Å². The Bertz CT molecular complexity index is 278. The quantitative estimate of drug-likeness (QED) is 0.582. The Morgan fingerprint density at radius 3 is 3.25 bits per heavy atom. The van der Waals surface area contributed by atoms with Gasteiger partial charge in [-0.1, -0.05) is 6.08 Å². The molecule has 1 N–H and O–H groups in total. The molecule has 0 saturated carbocycles. The van der Waals surface area contributed by atoms with Gasteiger partial charge in [0.2, 0.25) is 0 Å². The van der Waals surface area contributed by atoms with E-state index in [0.29, 0.717) is 0 Å². The van der Waals surface area contributed by atoms with Crippen LogP contribution >= 0.6 is 0 Å². The van der Waals surface area contributed by atoms with Crippen LogP contribution in [-0.2, 0) is 9.53 Å². The molecule has 0 fully saturated rings. The molecule has 0 amide bonds. The van der Waals surface area contributed by atoms with Crippen LogP contribution < -0.4 is 5.32 Å². The average Bonchev–Trinajstić information content (AvgIpc) is 2.60. The molecule has 0 radical (unpaired) electrons. The molecule has 0 bridgehead atoms. The lowest BCUT2D eigenvalue weighted by molar-refractivity contribution is -0.142. The molecule has 1 heterocycles. The van der Waals surface area contributed by atoms with E-state index in [1.54, 1.807) is 0 Å². The Kier molecular flexibility index (Phi) is 1.64. The molecule has 1 aliphatic carbocycles. The van der Waals surface area contributed by atoms with E-state index in [2.05, 4.69) is 16.1 Å². The summed E-state index contributed by atoms with van der Waals surface area (Å²) in [7, 11) is 1.42. The topological polar surface area (TPSA) is 38.3 Å². The molecule has 2 aliphatic rings. The van der Waals surface area contributed by atoms with Crippen LogP contribution in [-0.4, -0.2) is 19.1 Å². The van der Waals surface area contributed by atoms with Crippen LogP contribution in [0.2, 0.25) is 0 Å². The van der Waals surface area contributed by atoms with Crippen LogP contribution in [0.5, 0.6) is 0 Å². The van der Waals surface area contributed by atoms with Gasteiger partial charge in [0.1, 0.15) is 6.04 Å². The first kappa shape index (κ1) is 7.40. The zero-order chi connectivity index (χ0) is 8.55. The molecule has 1 atom stereocenters. The van der Waals surface area contributed by atoms with Crippen molar-refractivity contribution in [2.45, 2.75) is 18.9 Å². The second kappa shape index (κ2) is 2.66. The second-order valence-corrected chi connectivity index (χ2v) is 3.05. The van der Waals surface area contributed by atoms with Crippen molar-refractivity contribution in [3.05, 3.63) is 23.4 Å². The molecule has 3 heteroatoms. The molecule has 0 saturated heterocycles. The zero-order valence-corrected chi connectivity index (χ0v) is 6.96. The molecular weight excluding hydrogens is 154 g/mol. The Morgan fingerprint density at radius 1 is 1.75 bits per heavy atom. The molecule has 1 unspecified atom stereocenters. The third-order valence-electron chi connectivity index (χ3n) is 2.30. The fourth-order valence-corrected chi connectivity index (χ4v) is 1.66. The predicted molar refractivity (Wildman–Crippen MR) is 44.3 cm³/mol. The SMILES string of the molecule is COC(=O)C1CC2=C(C=CC2)N1. The average molecular weight is 165 g/mol. The number of esters is 1. The first-order valence-corrected chi connectivity index (χ1v) is 4.04. The van der Waals surface area contributed by atoms with E-state index in [9.17, 15) is 4.79 Å². The van der Waals surface area contributed by atoms with Crippen molar-refractivity contribution >= 4 is 5.97 Å². The van der Waals surface area contributed by atoms with Crippen molar-refractivity contribution in [3.8, 4) is 0 Å².